The van der Waals surface area contributed by atoms with Gasteiger partial charge in [0.1, 0.15) is 0 Å². The fraction of sp³-hybridized carbons (Fsp3) is 0.462. The van der Waals surface area contributed by atoms with Gasteiger partial charge in [-0.1, -0.05) is 24.3 Å². The Hall–Kier alpha value is -1.51. The van der Waals surface area contributed by atoms with Crippen LogP contribution in [0.4, 0.5) is 0 Å². The number of aliphatic imine (C=N–C) groups is 1. The second kappa shape index (κ2) is 6.16. The number of nitrogens with one attached hydrogen (secondary N) is 1. The minimum atomic E-state index is 0.335. The maximum absolute atomic E-state index is 5.72. The normalized spacial score (nSPS) is 11.9. The summed E-state index contributed by atoms with van der Waals surface area (Å²) in [6.07, 6.45) is 0.938. The largest absolute Gasteiger partial charge is 0.370 e. The van der Waals surface area contributed by atoms with Gasteiger partial charge in [-0.25, -0.2) is 0 Å². The lowest BCUT2D eigenvalue weighted by Crippen LogP contribution is -2.36. The van der Waals surface area contributed by atoms with Gasteiger partial charge >= 0.3 is 0 Å². The summed E-state index contributed by atoms with van der Waals surface area (Å²) < 4.78 is 0. The van der Waals surface area contributed by atoms with E-state index in [2.05, 4.69) is 41.5 Å². The molecular weight excluding hydrogens is 198 g/mol. The van der Waals surface area contributed by atoms with Gasteiger partial charge in [0.05, 0.1) is 0 Å². The molecule has 0 unspecified atom stereocenters. The van der Waals surface area contributed by atoms with Gasteiger partial charge in [0, 0.05) is 12.6 Å². The van der Waals surface area contributed by atoms with Crippen molar-refractivity contribution >= 4 is 5.96 Å². The molecule has 0 aromatic heterocycles. The highest BCUT2D eigenvalue weighted by molar-refractivity contribution is 5.78. The molecule has 0 aliphatic rings. The third kappa shape index (κ3) is 4.34. The first kappa shape index (κ1) is 12.6. The summed E-state index contributed by atoms with van der Waals surface area (Å²) in [6, 6.07) is 8.70. The van der Waals surface area contributed by atoms with E-state index in [1.54, 1.807) is 0 Å². The zero-order valence-corrected chi connectivity index (χ0v) is 10.3. The quantitative estimate of drug-likeness (QED) is 0.600. The third-order valence-electron chi connectivity index (χ3n) is 2.36. The van der Waals surface area contributed by atoms with E-state index in [0.29, 0.717) is 12.0 Å². The lowest BCUT2D eigenvalue weighted by molar-refractivity contribution is 0.723. The van der Waals surface area contributed by atoms with Gasteiger partial charge in [0.2, 0.25) is 0 Å². The summed E-state index contributed by atoms with van der Waals surface area (Å²) >= 11 is 0. The smallest absolute Gasteiger partial charge is 0.188 e. The minimum Gasteiger partial charge on any atom is -0.370 e. The second-order valence-electron chi connectivity index (χ2n) is 4.24. The lowest BCUT2D eigenvalue weighted by Gasteiger charge is -2.08. The number of hydrogen-bond donors (Lipinski definition) is 2. The Balaban J connectivity index is 2.44. The average Bonchev–Trinajstić information content (AvgIpc) is 2.19. The van der Waals surface area contributed by atoms with E-state index >= 15 is 0 Å². The molecule has 0 amide bonds. The Morgan fingerprint density at radius 1 is 1.38 bits per heavy atom. The fourth-order valence-corrected chi connectivity index (χ4v) is 1.53. The van der Waals surface area contributed by atoms with E-state index in [1.165, 1.54) is 11.1 Å². The van der Waals surface area contributed by atoms with Gasteiger partial charge < -0.3 is 11.1 Å². The van der Waals surface area contributed by atoms with Crippen LogP contribution in [-0.2, 0) is 6.42 Å². The average molecular weight is 219 g/mol. The zero-order chi connectivity index (χ0) is 12.0. The Morgan fingerprint density at radius 2 is 2.06 bits per heavy atom. The van der Waals surface area contributed by atoms with E-state index in [1.807, 2.05) is 13.8 Å². The van der Waals surface area contributed by atoms with E-state index in [9.17, 15) is 0 Å². The van der Waals surface area contributed by atoms with Crippen molar-refractivity contribution in [1.29, 1.82) is 0 Å². The van der Waals surface area contributed by atoms with Crippen LogP contribution in [0.5, 0.6) is 0 Å². The van der Waals surface area contributed by atoms with Crippen LogP contribution in [0.1, 0.15) is 25.0 Å². The van der Waals surface area contributed by atoms with Crippen LogP contribution in [0.2, 0.25) is 0 Å². The van der Waals surface area contributed by atoms with Crippen molar-refractivity contribution in [2.24, 2.45) is 10.7 Å². The predicted molar refractivity (Wildman–Crippen MR) is 69.6 cm³/mol. The number of nitrogens with two attached hydrogens (primary N) is 1. The molecule has 1 aromatic rings. The number of benzene rings is 1. The van der Waals surface area contributed by atoms with Crippen LogP contribution >= 0.6 is 0 Å². The summed E-state index contributed by atoms with van der Waals surface area (Å²) in [6.45, 7) is 6.94. The van der Waals surface area contributed by atoms with E-state index in [-0.39, 0.29) is 0 Å². The minimum absolute atomic E-state index is 0.335. The van der Waals surface area contributed by atoms with Crippen molar-refractivity contribution in [3.63, 3.8) is 0 Å². The first-order valence-corrected chi connectivity index (χ1v) is 5.70. The van der Waals surface area contributed by atoms with Crippen molar-refractivity contribution < 1.29 is 0 Å². The van der Waals surface area contributed by atoms with Crippen LogP contribution in [0.3, 0.4) is 0 Å². The van der Waals surface area contributed by atoms with Gasteiger partial charge in [-0.15, -0.1) is 0 Å². The molecule has 0 bridgehead atoms. The highest BCUT2D eigenvalue weighted by Crippen LogP contribution is 2.07. The molecule has 1 rings (SSSR count). The summed E-state index contributed by atoms with van der Waals surface area (Å²) in [4.78, 5) is 4.28. The molecule has 1 aromatic carbocycles. The standard InChI is InChI=1S/C13H21N3/c1-10(2)16-13(14)15-9-8-12-7-5-4-6-11(12)3/h4-7,10H,8-9H2,1-3H3,(H3,14,15,16). The Labute approximate surface area is 97.8 Å². The van der Waals surface area contributed by atoms with Crippen molar-refractivity contribution in [2.45, 2.75) is 33.2 Å². The maximum Gasteiger partial charge on any atom is 0.188 e. The van der Waals surface area contributed by atoms with Crippen LogP contribution in [0.15, 0.2) is 29.3 Å². The predicted octanol–water partition coefficient (Wildman–Crippen LogP) is 1.85. The van der Waals surface area contributed by atoms with E-state index in [0.717, 1.165) is 13.0 Å². The van der Waals surface area contributed by atoms with Crippen molar-refractivity contribution in [3.05, 3.63) is 35.4 Å². The number of rotatable bonds is 4. The molecule has 0 saturated carbocycles. The highest BCUT2D eigenvalue weighted by atomic mass is 15.1. The fourth-order valence-electron chi connectivity index (χ4n) is 1.53. The topological polar surface area (TPSA) is 50.4 Å². The molecule has 0 spiro atoms. The molecule has 3 N–H and O–H groups in total. The van der Waals surface area contributed by atoms with Gasteiger partial charge in [0.25, 0.3) is 0 Å². The molecule has 16 heavy (non-hydrogen) atoms. The first-order valence-electron chi connectivity index (χ1n) is 5.70. The number of hydrogen-bond acceptors (Lipinski definition) is 1. The molecule has 0 heterocycles. The molecule has 0 saturated heterocycles. The van der Waals surface area contributed by atoms with Crippen LogP contribution < -0.4 is 11.1 Å². The maximum atomic E-state index is 5.72. The molecule has 88 valence electrons. The first-order chi connectivity index (χ1) is 7.59. The lowest BCUT2D eigenvalue weighted by atomic mass is 10.1. The molecular formula is C13H21N3. The van der Waals surface area contributed by atoms with E-state index in [4.69, 9.17) is 5.73 Å². The van der Waals surface area contributed by atoms with Crippen LogP contribution in [-0.4, -0.2) is 18.5 Å². The molecule has 3 nitrogen and oxygen atoms in total. The summed E-state index contributed by atoms with van der Waals surface area (Å²) in [5, 5.41) is 3.07. The molecule has 0 atom stereocenters. The number of nitrogens with zero attached hydrogens (tertiary/aromatic N) is 1. The molecule has 0 aliphatic carbocycles. The number of guanidine groups is 1. The van der Waals surface area contributed by atoms with Crippen LogP contribution in [0, 0.1) is 6.92 Å². The molecule has 0 aliphatic heterocycles. The number of aryl methyl sites for hydroxylation is 1. The van der Waals surface area contributed by atoms with Gasteiger partial charge in [-0.2, -0.15) is 0 Å². The van der Waals surface area contributed by atoms with Gasteiger partial charge in [-0.05, 0) is 38.3 Å². The van der Waals surface area contributed by atoms with Crippen molar-refractivity contribution in [2.75, 3.05) is 6.54 Å². The Bertz CT molecular complexity index is 356. The van der Waals surface area contributed by atoms with Crippen molar-refractivity contribution in [1.82, 2.24) is 5.32 Å². The highest BCUT2D eigenvalue weighted by Gasteiger charge is 1.97. The summed E-state index contributed by atoms with van der Waals surface area (Å²) in [5.41, 5.74) is 8.37. The van der Waals surface area contributed by atoms with Gasteiger partial charge in [0.15, 0.2) is 5.96 Å². The Kier molecular flexibility index (Phi) is 4.83. The molecule has 0 radical (unpaired) electrons. The SMILES string of the molecule is Cc1ccccc1CCN=C(N)NC(C)C. The summed E-state index contributed by atoms with van der Waals surface area (Å²) in [7, 11) is 0. The second-order valence-corrected chi connectivity index (χ2v) is 4.24. The van der Waals surface area contributed by atoms with Gasteiger partial charge in [-0.3, -0.25) is 4.99 Å². The monoisotopic (exact) mass is 219 g/mol. The molecule has 3 heteroatoms. The van der Waals surface area contributed by atoms with Crippen molar-refractivity contribution in [3.8, 4) is 0 Å². The Morgan fingerprint density at radius 3 is 2.69 bits per heavy atom. The molecule has 0 fully saturated rings. The van der Waals surface area contributed by atoms with E-state index < -0.39 is 0 Å². The zero-order valence-electron chi connectivity index (χ0n) is 10.3. The third-order valence-corrected chi connectivity index (χ3v) is 2.36. The van der Waals surface area contributed by atoms with Crippen LogP contribution in [0.25, 0.3) is 0 Å². The summed E-state index contributed by atoms with van der Waals surface area (Å²) in [5.74, 6) is 0.531.